The smallest absolute Gasteiger partial charge is 0.290 e. The van der Waals surface area contributed by atoms with Crippen LogP contribution in [0.4, 0.5) is 0 Å². The molecule has 0 aromatic heterocycles. The molecule has 1 aliphatic carbocycles. The highest BCUT2D eigenvalue weighted by molar-refractivity contribution is 5.37. The summed E-state index contributed by atoms with van der Waals surface area (Å²) >= 11 is 0. The highest BCUT2D eigenvalue weighted by Crippen LogP contribution is 2.40. The summed E-state index contributed by atoms with van der Waals surface area (Å²) in [4.78, 5) is 8.36. The Morgan fingerprint density at radius 2 is 1.78 bits per heavy atom. The molecule has 0 bridgehead atoms. The van der Waals surface area contributed by atoms with Gasteiger partial charge in [0.1, 0.15) is 0 Å². The fraction of sp³-hybridized carbons (Fsp3) is 0.476. The number of carbonyl (C=O) groups is 1. The molecule has 0 unspecified atom stereocenters. The Kier molecular flexibility index (Phi) is 9.96. The van der Waals surface area contributed by atoms with Gasteiger partial charge in [-0.1, -0.05) is 67.0 Å². The van der Waals surface area contributed by atoms with E-state index in [-0.39, 0.29) is 6.47 Å². The van der Waals surface area contributed by atoms with E-state index in [0.717, 1.165) is 0 Å². The molecule has 0 aliphatic heterocycles. The van der Waals surface area contributed by atoms with Crippen LogP contribution in [0.15, 0.2) is 58.7 Å². The lowest BCUT2D eigenvalue weighted by molar-refractivity contribution is -0.122. The van der Waals surface area contributed by atoms with Crippen molar-refractivity contribution in [1.82, 2.24) is 0 Å². The molecule has 0 heterocycles. The van der Waals surface area contributed by atoms with Crippen LogP contribution in [0, 0.1) is 5.41 Å². The predicted octanol–water partition coefficient (Wildman–Crippen LogP) is 6.24. The molecule has 0 aromatic carbocycles. The number of allylic oxidation sites excluding steroid dienone is 10. The number of carboxylic acid groups (broad SMARTS) is 1. The van der Waals surface area contributed by atoms with Gasteiger partial charge in [0.25, 0.3) is 6.47 Å². The van der Waals surface area contributed by atoms with Crippen molar-refractivity contribution >= 4 is 6.47 Å². The first-order chi connectivity index (χ1) is 10.8. The molecule has 0 spiro atoms. The Hall–Kier alpha value is -1.83. The average molecular weight is 316 g/mol. The van der Waals surface area contributed by atoms with Crippen LogP contribution in [0.3, 0.4) is 0 Å². The topological polar surface area (TPSA) is 37.3 Å². The molecule has 0 saturated heterocycles. The first-order valence-electron chi connectivity index (χ1n) is 8.22. The molecule has 0 amide bonds. The zero-order valence-electron chi connectivity index (χ0n) is 15.5. The van der Waals surface area contributed by atoms with Crippen molar-refractivity contribution in [3.8, 4) is 0 Å². The molecular weight excluding hydrogens is 284 g/mol. The number of hydrogen-bond acceptors (Lipinski definition) is 1. The van der Waals surface area contributed by atoms with Gasteiger partial charge in [-0.3, -0.25) is 4.79 Å². The monoisotopic (exact) mass is 316 g/mol. The summed E-state index contributed by atoms with van der Waals surface area (Å²) < 4.78 is 0. The van der Waals surface area contributed by atoms with Gasteiger partial charge in [-0.2, -0.15) is 0 Å². The minimum absolute atomic E-state index is 0.250. The Morgan fingerprint density at radius 3 is 2.30 bits per heavy atom. The van der Waals surface area contributed by atoms with Crippen LogP contribution in [-0.2, 0) is 4.79 Å². The van der Waals surface area contributed by atoms with Gasteiger partial charge in [0, 0.05) is 0 Å². The summed E-state index contributed by atoms with van der Waals surface area (Å²) in [5.41, 5.74) is 6.02. The molecule has 2 nitrogen and oxygen atoms in total. The van der Waals surface area contributed by atoms with Crippen molar-refractivity contribution in [3.63, 3.8) is 0 Å². The lowest BCUT2D eigenvalue weighted by atomic mass is 9.72. The van der Waals surface area contributed by atoms with E-state index >= 15 is 0 Å². The van der Waals surface area contributed by atoms with Crippen LogP contribution in [0.1, 0.15) is 60.8 Å². The zero-order valence-corrected chi connectivity index (χ0v) is 15.5. The largest absolute Gasteiger partial charge is 0.483 e. The SMILES string of the molecule is C/C=C(C)/C=C/C=C(C)/C=C/C1=C(C)CCCC1(C)C.O=CO. The summed E-state index contributed by atoms with van der Waals surface area (Å²) in [6, 6.07) is 0. The van der Waals surface area contributed by atoms with Gasteiger partial charge < -0.3 is 5.11 Å². The Balaban J connectivity index is 0.00000149. The summed E-state index contributed by atoms with van der Waals surface area (Å²) in [7, 11) is 0. The average Bonchev–Trinajstić information content (AvgIpc) is 2.46. The predicted molar refractivity (Wildman–Crippen MR) is 100 cm³/mol. The zero-order chi connectivity index (χ0) is 17.9. The fourth-order valence-electron chi connectivity index (χ4n) is 2.73. The molecule has 0 atom stereocenters. The third-order valence-corrected chi connectivity index (χ3v) is 4.23. The van der Waals surface area contributed by atoms with Crippen molar-refractivity contribution in [2.45, 2.75) is 60.8 Å². The van der Waals surface area contributed by atoms with Crippen molar-refractivity contribution in [2.75, 3.05) is 0 Å². The molecule has 0 fully saturated rings. The molecule has 1 rings (SSSR count). The second-order valence-electron chi connectivity index (χ2n) is 6.67. The van der Waals surface area contributed by atoms with Gasteiger partial charge >= 0.3 is 0 Å². The lowest BCUT2D eigenvalue weighted by Crippen LogP contribution is -2.19. The maximum atomic E-state index is 8.36. The number of hydrogen-bond donors (Lipinski definition) is 1. The molecule has 23 heavy (non-hydrogen) atoms. The third-order valence-electron chi connectivity index (χ3n) is 4.23. The molecule has 1 aliphatic rings. The summed E-state index contributed by atoms with van der Waals surface area (Å²) in [5.74, 6) is 0. The summed E-state index contributed by atoms with van der Waals surface area (Å²) in [5, 5.41) is 6.89. The minimum Gasteiger partial charge on any atom is -0.483 e. The second kappa shape index (κ2) is 10.8. The third kappa shape index (κ3) is 8.39. The maximum absolute atomic E-state index is 8.36. The van der Waals surface area contributed by atoms with Gasteiger partial charge in [-0.15, -0.1) is 0 Å². The van der Waals surface area contributed by atoms with Gasteiger partial charge in [-0.25, -0.2) is 0 Å². The highest BCUT2D eigenvalue weighted by Gasteiger charge is 2.26. The minimum atomic E-state index is -0.250. The van der Waals surface area contributed by atoms with E-state index in [1.807, 2.05) is 0 Å². The normalized spacial score (nSPS) is 19.0. The maximum Gasteiger partial charge on any atom is 0.290 e. The van der Waals surface area contributed by atoms with Gasteiger partial charge in [0.15, 0.2) is 0 Å². The van der Waals surface area contributed by atoms with Gasteiger partial charge in [-0.05, 0) is 57.9 Å². The summed E-state index contributed by atoms with van der Waals surface area (Å²) in [6.07, 6.45) is 17.0. The van der Waals surface area contributed by atoms with Gasteiger partial charge in [0.05, 0.1) is 0 Å². The summed E-state index contributed by atoms with van der Waals surface area (Å²) in [6.45, 7) is 13.1. The van der Waals surface area contributed by atoms with Gasteiger partial charge in [0.2, 0.25) is 0 Å². The van der Waals surface area contributed by atoms with E-state index in [4.69, 9.17) is 9.90 Å². The Bertz CT molecular complexity index is 526. The van der Waals surface area contributed by atoms with Crippen LogP contribution in [0.25, 0.3) is 0 Å². The standard InChI is InChI=1S/C20H30.CH2O2/c1-7-16(2)10-8-11-17(3)13-14-19-18(4)12-9-15-20(19,5)6;2-1-3/h7-8,10-11,13-14H,9,12,15H2,1-6H3;1H,(H,2,3)/b10-8+,14-13+,16-7+,17-11+;. The molecule has 1 N–H and O–H groups in total. The molecule has 0 radical (unpaired) electrons. The first kappa shape index (κ1) is 21.2. The van der Waals surface area contributed by atoms with E-state index in [1.165, 1.54) is 36.0 Å². The first-order valence-corrected chi connectivity index (χ1v) is 8.22. The van der Waals surface area contributed by atoms with Crippen LogP contribution >= 0.6 is 0 Å². The van der Waals surface area contributed by atoms with E-state index in [2.05, 4.69) is 78.0 Å². The Labute approximate surface area is 142 Å². The van der Waals surface area contributed by atoms with E-state index in [0.29, 0.717) is 5.41 Å². The lowest BCUT2D eigenvalue weighted by Gasteiger charge is -2.32. The van der Waals surface area contributed by atoms with Crippen LogP contribution in [0.5, 0.6) is 0 Å². The highest BCUT2D eigenvalue weighted by atomic mass is 16.3. The molecule has 128 valence electrons. The molecule has 2 heteroatoms. The van der Waals surface area contributed by atoms with E-state index in [1.54, 1.807) is 5.57 Å². The van der Waals surface area contributed by atoms with Crippen molar-refractivity contribution in [3.05, 3.63) is 58.7 Å². The quantitative estimate of drug-likeness (QED) is 0.492. The fourth-order valence-corrected chi connectivity index (χ4v) is 2.73. The van der Waals surface area contributed by atoms with E-state index in [9.17, 15) is 0 Å². The van der Waals surface area contributed by atoms with Crippen molar-refractivity contribution in [2.24, 2.45) is 5.41 Å². The van der Waals surface area contributed by atoms with Crippen molar-refractivity contribution < 1.29 is 9.90 Å². The van der Waals surface area contributed by atoms with E-state index < -0.39 is 0 Å². The Morgan fingerprint density at radius 1 is 1.17 bits per heavy atom. The second-order valence-corrected chi connectivity index (χ2v) is 6.67. The van der Waals surface area contributed by atoms with Crippen molar-refractivity contribution in [1.29, 1.82) is 0 Å². The number of rotatable bonds is 4. The van der Waals surface area contributed by atoms with Crippen LogP contribution in [0.2, 0.25) is 0 Å². The molecule has 0 saturated carbocycles. The molecular formula is C21H32O2. The van der Waals surface area contributed by atoms with Crippen LogP contribution < -0.4 is 0 Å². The molecule has 0 aromatic rings. The van der Waals surface area contributed by atoms with Crippen LogP contribution in [-0.4, -0.2) is 11.6 Å².